The number of fused-ring (bicyclic) bond motifs is 1. The number of aromatic nitrogens is 2. The van der Waals surface area contributed by atoms with E-state index < -0.39 is 0 Å². The molecule has 0 amide bonds. The Morgan fingerprint density at radius 1 is 0.758 bits per heavy atom. The average Bonchev–Trinajstić information content (AvgIpc) is 2.87. The van der Waals surface area contributed by atoms with E-state index >= 15 is 0 Å². The highest BCUT2D eigenvalue weighted by molar-refractivity contribution is 5.81. The molecule has 1 aromatic heterocycles. The molecule has 0 spiro atoms. The summed E-state index contributed by atoms with van der Waals surface area (Å²) >= 11 is 0. The molecule has 4 heteroatoms. The lowest BCUT2D eigenvalue weighted by atomic mass is 10.0. The van der Waals surface area contributed by atoms with Crippen molar-refractivity contribution in [2.75, 3.05) is 5.32 Å². The normalized spacial score (nSPS) is 10.9. The summed E-state index contributed by atoms with van der Waals surface area (Å²) in [6, 6.07) is 34.7. The molecular weight excluding hydrogens is 406 g/mol. The third kappa shape index (κ3) is 4.55. The largest absolute Gasteiger partial charge is 0.381 e. The van der Waals surface area contributed by atoms with E-state index in [0.29, 0.717) is 24.3 Å². The topological polar surface area (TPSA) is 46.9 Å². The molecule has 4 nitrogen and oxygen atoms in total. The molecule has 0 unspecified atom stereocenters. The Kier molecular flexibility index (Phi) is 5.73. The predicted molar refractivity (Wildman–Crippen MR) is 135 cm³/mol. The van der Waals surface area contributed by atoms with Gasteiger partial charge in [0.1, 0.15) is 5.82 Å². The van der Waals surface area contributed by atoms with E-state index in [2.05, 4.69) is 53.8 Å². The molecule has 1 heterocycles. The molecule has 0 atom stereocenters. The maximum Gasteiger partial charge on any atom is 0.261 e. The van der Waals surface area contributed by atoms with Crippen LogP contribution in [0.5, 0.6) is 0 Å². The molecule has 5 aromatic rings. The number of anilines is 1. The van der Waals surface area contributed by atoms with Gasteiger partial charge in [0, 0.05) is 12.2 Å². The Labute approximate surface area is 193 Å². The van der Waals surface area contributed by atoms with Crippen LogP contribution in [0.2, 0.25) is 0 Å². The minimum absolute atomic E-state index is 0.0204. The van der Waals surface area contributed by atoms with Crippen LogP contribution in [0, 0.1) is 6.92 Å². The van der Waals surface area contributed by atoms with Gasteiger partial charge in [-0.15, -0.1) is 0 Å². The smallest absolute Gasteiger partial charge is 0.261 e. The second-order valence-electron chi connectivity index (χ2n) is 8.18. The first-order chi connectivity index (χ1) is 16.2. The van der Waals surface area contributed by atoms with Gasteiger partial charge in [0.15, 0.2) is 0 Å². The molecule has 33 heavy (non-hydrogen) atoms. The summed E-state index contributed by atoms with van der Waals surface area (Å²) in [4.78, 5) is 18.1. The van der Waals surface area contributed by atoms with E-state index in [1.54, 1.807) is 4.57 Å². The van der Waals surface area contributed by atoms with Crippen molar-refractivity contribution in [3.63, 3.8) is 0 Å². The quantitative estimate of drug-likeness (QED) is 0.357. The Morgan fingerprint density at radius 2 is 1.42 bits per heavy atom. The summed E-state index contributed by atoms with van der Waals surface area (Å²) in [5, 5.41) is 4.03. The Hall–Kier alpha value is -4.18. The molecule has 0 saturated heterocycles. The summed E-state index contributed by atoms with van der Waals surface area (Å²) < 4.78 is 1.75. The van der Waals surface area contributed by atoms with Crippen molar-refractivity contribution in [2.45, 2.75) is 20.0 Å². The fraction of sp³-hybridized carbons (Fsp3) is 0.103. The van der Waals surface area contributed by atoms with Gasteiger partial charge in [0.05, 0.1) is 17.4 Å². The highest BCUT2D eigenvalue weighted by Gasteiger charge is 2.10. The molecule has 5 rings (SSSR count). The second-order valence-corrected chi connectivity index (χ2v) is 8.18. The van der Waals surface area contributed by atoms with Crippen LogP contribution in [0.4, 0.5) is 5.69 Å². The Balaban J connectivity index is 1.41. The zero-order valence-corrected chi connectivity index (χ0v) is 18.5. The van der Waals surface area contributed by atoms with Crippen LogP contribution in [0.25, 0.3) is 22.0 Å². The molecule has 0 bridgehead atoms. The van der Waals surface area contributed by atoms with Crippen molar-refractivity contribution in [3.8, 4) is 11.1 Å². The lowest BCUT2D eigenvalue weighted by molar-refractivity contribution is 0.713. The number of rotatable bonds is 6. The minimum atomic E-state index is -0.0204. The molecule has 4 aromatic carbocycles. The van der Waals surface area contributed by atoms with Gasteiger partial charge in [-0.3, -0.25) is 9.36 Å². The van der Waals surface area contributed by atoms with Gasteiger partial charge in [-0.25, -0.2) is 4.98 Å². The van der Waals surface area contributed by atoms with Crippen molar-refractivity contribution in [2.24, 2.45) is 0 Å². The maximum absolute atomic E-state index is 13.4. The zero-order chi connectivity index (χ0) is 22.6. The average molecular weight is 432 g/mol. The minimum Gasteiger partial charge on any atom is -0.381 e. The van der Waals surface area contributed by atoms with E-state index in [9.17, 15) is 4.79 Å². The molecule has 0 aliphatic heterocycles. The zero-order valence-electron chi connectivity index (χ0n) is 18.5. The number of nitrogens with one attached hydrogen (secondary N) is 1. The molecule has 0 aliphatic carbocycles. The third-order valence-electron chi connectivity index (χ3n) is 5.89. The summed E-state index contributed by atoms with van der Waals surface area (Å²) in [6.07, 6.45) is 0. The van der Waals surface area contributed by atoms with Crippen LogP contribution in [-0.2, 0) is 13.1 Å². The van der Waals surface area contributed by atoms with Crippen LogP contribution >= 0.6 is 0 Å². The van der Waals surface area contributed by atoms with Gasteiger partial charge >= 0.3 is 0 Å². The molecule has 0 saturated carbocycles. The van der Waals surface area contributed by atoms with Gasteiger partial charge in [-0.05, 0) is 47.4 Å². The monoisotopic (exact) mass is 431 g/mol. The fourth-order valence-corrected chi connectivity index (χ4v) is 4.04. The van der Waals surface area contributed by atoms with Crippen molar-refractivity contribution >= 4 is 16.6 Å². The van der Waals surface area contributed by atoms with Gasteiger partial charge in [-0.1, -0.05) is 84.9 Å². The van der Waals surface area contributed by atoms with Crippen LogP contribution in [0.3, 0.4) is 0 Å². The lowest BCUT2D eigenvalue weighted by Crippen LogP contribution is -2.24. The third-order valence-corrected chi connectivity index (χ3v) is 5.89. The van der Waals surface area contributed by atoms with Gasteiger partial charge in [0.2, 0.25) is 0 Å². The van der Waals surface area contributed by atoms with Crippen LogP contribution in [-0.4, -0.2) is 9.55 Å². The lowest BCUT2D eigenvalue weighted by Gasteiger charge is -2.13. The number of aryl methyl sites for hydroxylation is 1. The summed E-state index contributed by atoms with van der Waals surface area (Å²) in [6.45, 7) is 3.08. The molecule has 0 fully saturated rings. The van der Waals surface area contributed by atoms with E-state index in [0.717, 1.165) is 22.3 Å². The summed E-state index contributed by atoms with van der Waals surface area (Å²) in [7, 11) is 0. The molecular formula is C29H25N3O. The number of benzene rings is 4. The van der Waals surface area contributed by atoms with E-state index in [-0.39, 0.29) is 5.56 Å². The SMILES string of the molecule is Cc1nc2ccc(NCc3ccccc3)cc2c(=O)n1Cc1ccc(-c2ccccc2)cc1. The van der Waals surface area contributed by atoms with Crippen molar-refractivity contribution in [3.05, 3.63) is 130 Å². The Bertz CT molecular complexity index is 1440. The highest BCUT2D eigenvalue weighted by atomic mass is 16.1. The van der Waals surface area contributed by atoms with Crippen molar-refractivity contribution < 1.29 is 0 Å². The van der Waals surface area contributed by atoms with Crippen LogP contribution < -0.4 is 10.9 Å². The molecule has 0 aliphatic rings. The number of hydrogen-bond acceptors (Lipinski definition) is 3. The van der Waals surface area contributed by atoms with Crippen molar-refractivity contribution in [1.82, 2.24) is 9.55 Å². The fourth-order valence-electron chi connectivity index (χ4n) is 4.04. The second kappa shape index (κ2) is 9.13. The van der Waals surface area contributed by atoms with Gasteiger partial charge < -0.3 is 5.32 Å². The first-order valence-electron chi connectivity index (χ1n) is 11.1. The molecule has 0 radical (unpaired) electrons. The van der Waals surface area contributed by atoms with E-state index in [1.165, 1.54) is 11.1 Å². The van der Waals surface area contributed by atoms with Crippen LogP contribution in [0.15, 0.2) is 108 Å². The molecule has 1 N–H and O–H groups in total. The molecule has 162 valence electrons. The van der Waals surface area contributed by atoms with E-state index in [1.807, 2.05) is 61.5 Å². The van der Waals surface area contributed by atoms with Gasteiger partial charge in [0.25, 0.3) is 5.56 Å². The highest BCUT2D eigenvalue weighted by Crippen LogP contribution is 2.20. The van der Waals surface area contributed by atoms with Gasteiger partial charge in [-0.2, -0.15) is 0 Å². The first kappa shape index (κ1) is 20.7. The first-order valence-corrected chi connectivity index (χ1v) is 11.1. The summed E-state index contributed by atoms with van der Waals surface area (Å²) in [5.41, 5.74) is 6.21. The maximum atomic E-state index is 13.4. The van der Waals surface area contributed by atoms with Crippen LogP contribution in [0.1, 0.15) is 17.0 Å². The standard InChI is InChI=1S/C29H25N3O/c1-21-31-28-17-16-26(30-19-22-8-4-2-5-9-22)18-27(28)29(33)32(21)20-23-12-14-25(15-13-23)24-10-6-3-7-11-24/h2-18,30H,19-20H2,1H3. The summed E-state index contributed by atoms with van der Waals surface area (Å²) in [5.74, 6) is 0.713. The van der Waals surface area contributed by atoms with E-state index in [4.69, 9.17) is 4.98 Å². The predicted octanol–water partition coefficient (Wildman–Crippen LogP) is 6.03. The number of hydrogen-bond donors (Lipinski definition) is 1. The van der Waals surface area contributed by atoms with Crippen molar-refractivity contribution in [1.29, 1.82) is 0 Å². The number of nitrogens with zero attached hydrogens (tertiary/aromatic N) is 2. The Morgan fingerprint density at radius 3 is 2.15 bits per heavy atom.